The van der Waals surface area contributed by atoms with Crippen molar-refractivity contribution in [2.24, 2.45) is 0 Å². The molecule has 1 aromatic heterocycles. The number of rotatable bonds is 6. The van der Waals surface area contributed by atoms with E-state index >= 15 is 0 Å². The molecule has 7 nitrogen and oxygen atoms in total. The monoisotopic (exact) mass is 336 g/mol. The van der Waals surface area contributed by atoms with E-state index in [0.717, 1.165) is 6.42 Å². The smallest absolute Gasteiger partial charge is 0.325 e. The summed E-state index contributed by atoms with van der Waals surface area (Å²) in [6.45, 7) is 3.36. The van der Waals surface area contributed by atoms with E-state index in [1.807, 2.05) is 6.92 Å². The molecule has 1 aromatic carbocycles. The third kappa shape index (κ3) is 3.87. The maximum Gasteiger partial charge on any atom is 0.325 e. The zero-order valence-corrected chi connectivity index (χ0v) is 13.5. The zero-order valence-electron chi connectivity index (χ0n) is 12.8. The van der Waals surface area contributed by atoms with Gasteiger partial charge >= 0.3 is 5.97 Å². The van der Waals surface area contributed by atoms with Crippen LogP contribution < -0.4 is 5.32 Å². The maximum absolute atomic E-state index is 12.3. The number of carboxylic acid groups (broad SMARTS) is 1. The first-order valence-electron chi connectivity index (χ1n) is 7.18. The highest BCUT2D eigenvalue weighted by Crippen LogP contribution is 2.18. The zero-order chi connectivity index (χ0) is 17.0. The van der Waals surface area contributed by atoms with Crippen molar-refractivity contribution < 1.29 is 14.7 Å². The number of nitrogens with one attached hydrogen (secondary N) is 1. The summed E-state index contributed by atoms with van der Waals surface area (Å²) in [4.78, 5) is 23.1. The first-order valence-corrected chi connectivity index (χ1v) is 7.56. The molecule has 1 amide bonds. The molecule has 2 rings (SSSR count). The van der Waals surface area contributed by atoms with Crippen LogP contribution in [-0.4, -0.2) is 38.0 Å². The Bertz CT molecular complexity index is 729. The number of carbonyl (C=O) groups excluding carboxylic acids is 1. The lowest BCUT2D eigenvalue weighted by atomic mass is 10.2. The van der Waals surface area contributed by atoms with Crippen molar-refractivity contribution in [3.8, 4) is 5.69 Å². The van der Waals surface area contributed by atoms with Crippen LogP contribution in [0.25, 0.3) is 5.69 Å². The summed E-state index contributed by atoms with van der Waals surface area (Å²) in [5, 5.41) is 19.8. The number of carboxylic acids is 1. The van der Waals surface area contributed by atoms with Crippen LogP contribution in [0.15, 0.2) is 24.3 Å². The van der Waals surface area contributed by atoms with Gasteiger partial charge in [-0.25, -0.2) is 4.68 Å². The lowest BCUT2D eigenvalue weighted by Crippen LogP contribution is -2.38. The van der Waals surface area contributed by atoms with Crippen molar-refractivity contribution in [1.29, 1.82) is 0 Å². The fourth-order valence-electron chi connectivity index (χ4n) is 2.08. The predicted octanol–water partition coefficient (Wildman–Crippen LogP) is 2.08. The summed E-state index contributed by atoms with van der Waals surface area (Å²) in [6.07, 6.45) is 1.35. The summed E-state index contributed by atoms with van der Waals surface area (Å²) in [5.41, 5.74) is 1.43. The van der Waals surface area contributed by atoms with E-state index in [1.54, 1.807) is 28.9 Å². The summed E-state index contributed by atoms with van der Waals surface area (Å²) in [7, 11) is 0. The van der Waals surface area contributed by atoms with Gasteiger partial charge in [-0.05, 0) is 31.5 Å². The molecule has 0 saturated heterocycles. The predicted molar refractivity (Wildman–Crippen MR) is 84.9 cm³/mol. The van der Waals surface area contributed by atoms with Crippen LogP contribution in [-0.2, 0) is 11.2 Å². The summed E-state index contributed by atoms with van der Waals surface area (Å²) >= 11 is 5.99. The van der Waals surface area contributed by atoms with E-state index in [1.165, 1.54) is 6.92 Å². The minimum atomic E-state index is -1.11. The Balaban J connectivity index is 2.38. The van der Waals surface area contributed by atoms with Crippen LogP contribution >= 0.6 is 11.6 Å². The highest BCUT2D eigenvalue weighted by atomic mass is 35.5. The van der Waals surface area contributed by atoms with Gasteiger partial charge in [-0.3, -0.25) is 9.59 Å². The first-order chi connectivity index (χ1) is 10.9. The van der Waals surface area contributed by atoms with E-state index in [2.05, 4.69) is 15.6 Å². The standard InChI is InChI=1S/C15H17ClN4O3/c1-3-5-12-13(14(21)17-9(2)15(22)23)18-19-20(12)11-7-4-6-10(16)8-11/h4,6-9H,3,5H2,1-2H3,(H,17,21)(H,22,23)/t9-/m1/s1. The van der Waals surface area contributed by atoms with Gasteiger partial charge in [0.15, 0.2) is 5.69 Å². The van der Waals surface area contributed by atoms with E-state index in [-0.39, 0.29) is 5.69 Å². The maximum atomic E-state index is 12.3. The average Bonchev–Trinajstić information content (AvgIpc) is 2.91. The second-order valence-electron chi connectivity index (χ2n) is 5.06. The van der Waals surface area contributed by atoms with Gasteiger partial charge in [-0.15, -0.1) is 5.10 Å². The molecule has 122 valence electrons. The number of nitrogens with zero attached hydrogens (tertiary/aromatic N) is 3. The Labute approximate surface area is 138 Å². The van der Waals surface area contributed by atoms with Crippen molar-refractivity contribution in [2.75, 3.05) is 0 Å². The first kappa shape index (κ1) is 17.0. The van der Waals surface area contributed by atoms with Gasteiger partial charge in [0, 0.05) is 5.02 Å². The molecule has 1 atom stereocenters. The quantitative estimate of drug-likeness (QED) is 0.841. The van der Waals surface area contributed by atoms with Gasteiger partial charge in [0.05, 0.1) is 11.4 Å². The van der Waals surface area contributed by atoms with Crippen LogP contribution in [0.5, 0.6) is 0 Å². The second kappa shape index (κ2) is 7.23. The normalized spacial score (nSPS) is 12.0. The molecular formula is C15H17ClN4O3. The van der Waals surface area contributed by atoms with Gasteiger partial charge in [0.2, 0.25) is 0 Å². The van der Waals surface area contributed by atoms with E-state index in [9.17, 15) is 9.59 Å². The molecule has 0 fully saturated rings. The van der Waals surface area contributed by atoms with Gasteiger partial charge in [0.1, 0.15) is 6.04 Å². The Morgan fingerprint density at radius 2 is 2.17 bits per heavy atom. The third-order valence-electron chi connectivity index (χ3n) is 3.24. The van der Waals surface area contributed by atoms with Crippen molar-refractivity contribution in [1.82, 2.24) is 20.3 Å². The van der Waals surface area contributed by atoms with Gasteiger partial charge < -0.3 is 10.4 Å². The highest BCUT2D eigenvalue weighted by Gasteiger charge is 2.23. The van der Waals surface area contributed by atoms with Gasteiger partial charge in [0.25, 0.3) is 5.91 Å². The highest BCUT2D eigenvalue weighted by molar-refractivity contribution is 6.30. The number of amides is 1. The fraction of sp³-hybridized carbons (Fsp3) is 0.333. The van der Waals surface area contributed by atoms with Crippen molar-refractivity contribution in [3.05, 3.63) is 40.7 Å². The number of benzene rings is 1. The average molecular weight is 337 g/mol. The molecule has 8 heteroatoms. The van der Waals surface area contributed by atoms with Crippen LogP contribution in [0.2, 0.25) is 5.02 Å². The molecule has 0 aliphatic heterocycles. The van der Waals surface area contributed by atoms with Crippen LogP contribution in [0.3, 0.4) is 0 Å². The largest absolute Gasteiger partial charge is 0.480 e. The third-order valence-corrected chi connectivity index (χ3v) is 3.47. The summed E-state index contributed by atoms with van der Waals surface area (Å²) < 4.78 is 1.55. The molecule has 0 spiro atoms. The molecule has 0 aliphatic rings. The number of carbonyl (C=O) groups is 2. The molecule has 0 bridgehead atoms. The molecule has 2 N–H and O–H groups in total. The SMILES string of the molecule is CCCc1c(C(=O)N[C@H](C)C(=O)O)nnn1-c1cccc(Cl)c1. The molecule has 1 heterocycles. The van der Waals surface area contributed by atoms with Crippen molar-refractivity contribution in [3.63, 3.8) is 0 Å². The Morgan fingerprint density at radius 3 is 2.78 bits per heavy atom. The Hall–Kier alpha value is -2.41. The topological polar surface area (TPSA) is 97.1 Å². The van der Waals surface area contributed by atoms with Crippen molar-refractivity contribution in [2.45, 2.75) is 32.7 Å². The second-order valence-corrected chi connectivity index (χ2v) is 5.50. The molecule has 0 radical (unpaired) electrons. The van der Waals surface area contributed by atoms with Gasteiger partial charge in [-0.2, -0.15) is 0 Å². The van der Waals surface area contributed by atoms with Crippen LogP contribution in [0.1, 0.15) is 36.5 Å². The van der Waals surface area contributed by atoms with E-state index in [0.29, 0.717) is 22.8 Å². The van der Waals surface area contributed by atoms with Crippen LogP contribution in [0.4, 0.5) is 0 Å². The molecular weight excluding hydrogens is 320 g/mol. The number of aliphatic carboxylic acids is 1. The Morgan fingerprint density at radius 1 is 1.43 bits per heavy atom. The molecule has 0 aliphatic carbocycles. The summed E-state index contributed by atoms with van der Waals surface area (Å²) in [6, 6.07) is 6.04. The number of aromatic nitrogens is 3. The minimum Gasteiger partial charge on any atom is -0.480 e. The fourth-order valence-corrected chi connectivity index (χ4v) is 2.27. The minimum absolute atomic E-state index is 0.125. The molecule has 0 unspecified atom stereocenters. The molecule has 23 heavy (non-hydrogen) atoms. The lowest BCUT2D eigenvalue weighted by Gasteiger charge is -2.10. The molecule has 0 saturated carbocycles. The summed E-state index contributed by atoms with van der Waals surface area (Å²) in [5.74, 6) is -1.67. The van der Waals surface area contributed by atoms with Crippen molar-refractivity contribution >= 4 is 23.5 Å². The van der Waals surface area contributed by atoms with Crippen LogP contribution in [0, 0.1) is 0 Å². The lowest BCUT2D eigenvalue weighted by molar-refractivity contribution is -0.138. The van der Waals surface area contributed by atoms with E-state index in [4.69, 9.17) is 16.7 Å². The van der Waals surface area contributed by atoms with E-state index < -0.39 is 17.9 Å². The number of hydrogen-bond donors (Lipinski definition) is 2. The Kier molecular flexibility index (Phi) is 5.33. The molecule has 2 aromatic rings. The number of hydrogen-bond acceptors (Lipinski definition) is 4. The number of halogens is 1. The van der Waals surface area contributed by atoms with Gasteiger partial charge in [-0.1, -0.05) is 36.2 Å².